The minimum atomic E-state index is -0.399. The fraction of sp³-hybridized carbons (Fsp3) is 0.125. The lowest BCUT2D eigenvalue weighted by molar-refractivity contribution is 0.104. The number of ether oxygens (including phenoxy) is 1. The second-order valence-electron chi connectivity index (χ2n) is 4.85. The number of rotatable bonds is 6. The number of methoxy groups -OCH3 is 1. The first-order chi connectivity index (χ1) is 11.7. The lowest BCUT2D eigenvalue weighted by Crippen LogP contribution is -2.01. The molecular formula is C16H13N3O5. The van der Waals surface area contributed by atoms with Gasteiger partial charge in [-0.2, -0.15) is 0 Å². The van der Waals surface area contributed by atoms with E-state index in [0.717, 1.165) is 11.8 Å². The van der Waals surface area contributed by atoms with Crippen molar-refractivity contribution in [3.63, 3.8) is 0 Å². The molecule has 1 heterocycles. The lowest BCUT2D eigenvalue weighted by Gasteiger charge is -2.03. The Bertz CT molecular complexity index is 904. The van der Waals surface area contributed by atoms with E-state index in [1.54, 1.807) is 18.2 Å². The molecule has 0 amide bonds. The summed E-state index contributed by atoms with van der Waals surface area (Å²) in [7, 11) is 1.43. The fourth-order valence-corrected chi connectivity index (χ4v) is 2.03. The first-order valence-electron chi connectivity index (χ1n) is 6.95. The number of phenolic OH excluding ortho intramolecular Hbond substituents is 1. The van der Waals surface area contributed by atoms with Crippen LogP contribution >= 0.6 is 0 Å². The molecule has 3 aromatic rings. The number of aromatic hydroxyl groups is 1. The molecule has 0 radical (unpaired) electrons. The van der Waals surface area contributed by atoms with Crippen molar-refractivity contribution in [2.45, 2.75) is 6.61 Å². The van der Waals surface area contributed by atoms with Gasteiger partial charge in [-0.15, -0.1) is 0 Å². The molecule has 3 rings (SSSR count). The van der Waals surface area contributed by atoms with Crippen molar-refractivity contribution in [2.24, 2.45) is 5.16 Å². The number of hydrogen-bond acceptors (Lipinski definition) is 8. The number of carbonyl (C=O) groups is 1. The summed E-state index contributed by atoms with van der Waals surface area (Å²) in [5.41, 5.74) is 2.35. The van der Waals surface area contributed by atoms with Crippen LogP contribution in [-0.2, 0) is 11.4 Å². The SMILES string of the molecule is COc1ccc(C(=O)C=NOCc2ccc3nonc3c2)cc1O. The maximum atomic E-state index is 11.9. The molecule has 122 valence electrons. The first kappa shape index (κ1) is 15.5. The number of phenols is 1. The first-order valence-corrected chi connectivity index (χ1v) is 6.95. The third-order valence-corrected chi connectivity index (χ3v) is 3.26. The Hall–Kier alpha value is -3.42. The van der Waals surface area contributed by atoms with Gasteiger partial charge in [0, 0.05) is 5.56 Å². The van der Waals surface area contributed by atoms with Crippen LogP contribution in [0.4, 0.5) is 0 Å². The summed E-state index contributed by atoms with van der Waals surface area (Å²) in [6.07, 6.45) is 1.04. The van der Waals surface area contributed by atoms with Crippen LogP contribution in [0.5, 0.6) is 11.5 Å². The molecule has 0 bridgehead atoms. The summed E-state index contributed by atoms with van der Waals surface area (Å²) in [5.74, 6) is -0.228. The minimum Gasteiger partial charge on any atom is -0.504 e. The quantitative estimate of drug-likeness (QED) is 0.420. The van der Waals surface area contributed by atoms with E-state index in [9.17, 15) is 9.90 Å². The van der Waals surface area contributed by atoms with Crippen LogP contribution in [0.2, 0.25) is 0 Å². The van der Waals surface area contributed by atoms with Gasteiger partial charge in [0.05, 0.1) is 7.11 Å². The fourth-order valence-electron chi connectivity index (χ4n) is 2.03. The van der Waals surface area contributed by atoms with Crippen LogP contribution in [0.25, 0.3) is 11.0 Å². The standard InChI is InChI=1S/C16H13N3O5/c1-22-16-5-3-11(7-14(16)20)15(21)8-17-23-9-10-2-4-12-13(6-10)19-24-18-12/h2-8,20H,9H2,1H3. The molecule has 0 aliphatic carbocycles. The normalized spacial score (nSPS) is 11.0. The van der Waals surface area contributed by atoms with E-state index in [1.165, 1.54) is 25.3 Å². The highest BCUT2D eigenvalue weighted by Crippen LogP contribution is 2.26. The van der Waals surface area contributed by atoms with Crippen molar-refractivity contribution in [1.29, 1.82) is 0 Å². The topological polar surface area (TPSA) is 107 Å². The highest BCUT2D eigenvalue weighted by atomic mass is 16.6. The Labute approximate surface area is 136 Å². The average Bonchev–Trinajstić information content (AvgIpc) is 3.06. The predicted molar refractivity (Wildman–Crippen MR) is 84.1 cm³/mol. The van der Waals surface area contributed by atoms with Crippen molar-refractivity contribution >= 4 is 23.0 Å². The summed E-state index contributed by atoms with van der Waals surface area (Å²) in [6.45, 7) is 0.167. The van der Waals surface area contributed by atoms with Crippen LogP contribution in [0.3, 0.4) is 0 Å². The Balaban J connectivity index is 1.59. The Morgan fingerprint density at radius 3 is 2.88 bits per heavy atom. The van der Waals surface area contributed by atoms with E-state index >= 15 is 0 Å². The predicted octanol–water partition coefficient (Wildman–Crippen LogP) is 2.32. The van der Waals surface area contributed by atoms with Gasteiger partial charge in [-0.25, -0.2) is 4.63 Å². The van der Waals surface area contributed by atoms with Gasteiger partial charge in [-0.1, -0.05) is 11.2 Å². The number of benzene rings is 2. The summed E-state index contributed by atoms with van der Waals surface area (Å²) in [6, 6.07) is 9.63. The highest BCUT2D eigenvalue weighted by Gasteiger charge is 2.08. The maximum Gasteiger partial charge on any atom is 0.207 e. The minimum absolute atomic E-state index is 0.118. The van der Waals surface area contributed by atoms with Crippen molar-refractivity contribution in [3.8, 4) is 11.5 Å². The number of aromatic nitrogens is 2. The molecule has 2 aromatic carbocycles. The molecule has 8 heteroatoms. The van der Waals surface area contributed by atoms with Crippen molar-refractivity contribution < 1.29 is 24.1 Å². The Morgan fingerprint density at radius 1 is 1.25 bits per heavy atom. The lowest BCUT2D eigenvalue weighted by atomic mass is 10.1. The Kier molecular flexibility index (Phi) is 4.37. The molecular weight excluding hydrogens is 314 g/mol. The Morgan fingerprint density at radius 2 is 2.08 bits per heavy atom. The molecule has 0 atom stereocenters. The molecule has 0 saturated heterocycles. The monoisotopic (exact) mass is 327 g/mol. The number of Topliss-reactive ketones (excluding diaryl/α,β-unsaturated/α-hetero) is 1. The zero-order valence-electron chi connectivity index (χ0n) is 12.7. The summed E-state index contributed by atoms with van der Waals surface area (Å²) in [4.78, 5) is 17.0. The van der Waals surface area contributed by atoms with E-state index in [4.69, 9.17) is 9.57 Å². The van der Waals surface area contributed by atoms with Crippen LogP contribution in [0, 0.1) is 0 Å². The number of nitrogens with zero attached hydrogens (tertiary/aromatic N) is 3. The second kappa shape index (κ2) is 6.78. The van der Waals surface area contributed by atoms with Gasteiger partial charge in [-0.05, 0) is 46.2 Å². The number of carbonyl (C=O) groups excluding carboxylic acids is 1. The maximum absolute atomic E-state index is 11.9. The van der Waals surface area contributed by atoms with Gasteiger partial charge >= 0.3 is 0 Å². The van der Waals surface area contributed by atoms with Crippen molar-refractivity contribution in [1.82, 2.24) is 10.3 Å². The zero-order valence-corrected chi connectivity index (χ0v) is 12.7. The largest absolute Gasteiger partial charge is 0.504 e. The van der Waals surface area contributed by atoms with Crippen molar-refractivity contribution in [2.75, 3.05) is 7.11 Å². The molecule has 0 aliphatic heterocycles. The van der Waals surface area contributed by atoms with Gasteiger partial charge in [0.15, 0.2) is 11.5 Å². The van der Waals surface area contributed by atoms with Gasteiger partial charge in [-0.3, -0.25) is 4.79 Å². The highest BCUT2D eigenvalue weighted by molar-refractivity contribution is 6.35. The number of oxime groups is 1. The molecule has 0 fully saturated rings. The van der Waals surface area contributed by atoms with Gasteiger partial charge < -0.3 is 14.7 Å². The van der Waals surface area contributed by atoms with Crippen LogP contribution in [0.1, 0.15) is 15.9 Å². The summed E-state index contributed by atoms with van der Waals surface area (Å²) >= 11 is 0. The third-order valence-electron chi connectivity index (χ3n) is 3.26. The van der Waals surface area contributed by atoms with E-state index < -0.39 is 5.78 Å². The van der Waals surface area contributed by atoms with Crippen LogP contribution in [0.15, 0.2) is 46.2 Å². The molecule has 8 nitrogen and oxygen atoms in total. The average molecular weight is 327 g/mol. The number of ketones is 1. The molecule has 1 N–H and O–H groups in total. The zero-order chi connectivity index (χ0) is 16.9. The smallest absolute Gasteiger partial charge is 0.207 e. The summed E-state index contributed by atoms with van der Waals surface area (Å²) < 4.78 is 9.52. The third kappa shape index (κ3) is 3.32. The van der Waals surface area contributed by atoms with Crippen molar-refractivity contribution in [3.05, 3.63) is 47.5 Å². The second-order valence-corrected chi connectivity index (χ2v) is 4.85. The van der Waals surface area contributed by atoms with E-state index in [2.05, 4.69) is 20.1 Å². The molecule has 1 aromatic heterocycles. The van der Waals surface area contributed by atoms with E-state index in [0.29, 0.717) is 11.0 Å². The molecule has 24 heavy (non-hydrogen) atoms. The van der Waals surface area contributed by atoms with Gasteiger partial charge in [0.1, 0.15) is 23.9 Å². The van der Waals surface area contributed by atoms with Crippen LogP contribution < -0.4 is 4.74 Å². The molecule has 0 aliphatic rings. The van der Waals surface area contributed by atoms with Gasteiger partial charge in [0.2, 0.25) is 5.78 Å². The number of hydrogen-bond donors (Lipinski definition) is 1. The molecule has 0 unspecified atom stereocenters. The van der Waals surface area contributed by atoms with Gasteiger partial charge in [0.25, 0.3) is 0 Å². The molecule has 0 spiro atoms. The van der Waals surface area contributed by atoms with Crippen LogP contribution in [-0.4, -0.2) is 34.5 Å². The van der Waals surface area contributed by atoms with E-state index in [1.807, 2.05) is 0 Å². The van der Waals surface area contributed by atoms with E-state index in [-0.39, 0.29) is 23.7 Å². The molecule has 0 saturated carbocycles. The summed E-state index contributed by atoms with van der Waals surface area (Å²) in [5, 5.41) is 20.7. The number of fused-ring (bicyclic) bond motifs is 1.